The Morgan fingerprint density at radius 3 is 2.38 bits per heavy atom. The fraction of sp³-hybridized carbons (Fsp3) is 0.714. The first-order valence-corrected chi connectivity index (χ1v) is 8.84. The van der Waals surface area contributed by atoms with E-state index in [1.54, 1.807) is 0 Å². The van der Waals surface area contributed by atoms with Crippen molar-refractivity contribution < 1.29 is 14.8 Å². The lowest BCUT2D eigenvalue weighted by Gasteiger charge is -2.24. The summed E-state index contributed by atoms with van der Waals surface area (Å²) in [4.78, 5) is 11.1. The van der Waals surface area contributed by atoms with Crippen molar-refractivity contribution in [3.63, 3.8) is 0 Å². The lowest BCUT2D eigenvalue weighted by Crippen LogP contribution is -2.27. The Balaban J connectivity index is 1.81. The third-order valence-corrected chi connectivity index (χ3v) is 5.85. The van der Waals surface area contributed by atoms with Gasteiger partial charge >= 0.3 is 0 Å². The van der Waals surface area contributed by atoms with Crippen LogP contribution in [0.1, 0.15) is 32.1 Å². The minimum Gasteiger partial charge on any atom is -0.396 e. The molecule has 3 aliphatic rings. The van der Waals surface area contributed by atoms with Gasteiger partial charge in [-0.25, -0.2) is 0 Å². The molecule has 0 bridgehead atoms. The van der Waals surface area contributed by atoms with Crippen LogP contribution < -0.4 is 0 Å². The summed E-state index contributed by atoms with van der Waals surface area (Å²) < 4.78 is 1.79. The van der Waals surface area contributed by atoms with Crippen LogP contribution in [0.3, 0.4) is 0 Å². The van der Waals surface area contributed by atoms with Crippen molar-refractivity contribution in [2.75, 3.05) is 6.61 Å². The quantitative estimate of drug-likeness (QED) is 0.695. The first-order chi connectivity index (χ1) is 10.2. The molecule has 0 saturated heterocycles. The molecule has 0 radical (unpaired) electrons. The van der Waals surface area contributed by atoms with Gasteiger partial charge in [0.05, 0.1) is 11.8 Å². The molecule has 0 aromatic carbocycles. The maximum Gasteiger partial charge on any atom is 0.140 e. The smallest absolute Gasteiger partial charge is 0.140 e. The molecule has 2 aliphatic heterocycles. The minimum absolute atomic E-state index is 0.0618. The van der Waals surface area contributed by atoms with Crippen molar-refractivity contribution in [3.05, 3.63) is 11.6 Å². The number of oxime groups is 2. The summed E-state index contributed by atoms with van der Waals surface area (Å²) >= 11 is 7.02. The van der Waals surface area contributed by atoms with Gasteiger partial charge in [0.2, 0.25) is 0 Å². The van der Waals surface area contributed by atoms with Gasteiger partial charge in [-0.1, -0.05) is 22.0 Å². The molecule has 116 valence electrons. The molecular formula is C14H18Br2N2O3. The minimum atomic E-state index is 0.0618. The highest BCUT2D eigenvalue weighted by Gasteiger charge is 2.38. The van der Waals surface area contributed by atoms with Gasteiger partial charge in [-0.3, -0.25) is 0 Å². The molecular weight excluding hydrogens is 404 g/mol. The average Bonchev–Trinajstić information content (AvgIpc) is 2.99. The molecule has 2 heterocycles. The van der Waals surface area contributed by atoms with E-state index in [-0.39, 0.29) is 30.7 Å². The van der Waals surface area contributed by atoms with Crippen molar-refractivity contribution in [2.24, 2.45) is 22.1 Å². The molecule has 0 aromatic rings. The Morgan fingerprint density at radius 2 is 1.71 bits per heavy atom. The van der Waals surface area contributed by atoms with Crippen LogP contribution in [0.4, 0.5) is 0 Å². The first kappa shape index (κ1) is 15.5. The van der Waals surface area contributed by atoms with Crippen LogP contribution in [-0.4, -0.2) is 33.2 Å². The lowest BCUT2D eigenvalue weighted by molar-refractivity contribution is 0.0448. The molecule has 5 nitrogen and oxygen atoms in total. The number of rotatable bonds is 2. The summed E-state index contributed by atoms with van der Waals surface area (Å²) in [6.07, 6.45) is 6.59. The number of aliphatic hydroxyl groups is 1. The number of hydrogen-bond donors (Lipinski definition) is 1. The van der Waals surface area contributed by atoms with E-state index in [0.29, 0.717) is 6.42 Å². The average molecular weight is 422 g/mol. The van der Waals surface area contributed by atoms with Gasteiger partial charge in [-0.05, 0) is 51.1 Å². The molecule has 1 N–H and O–H groups in total. The first-order valence-electron chi connectivity index (χ1n) is 7.26. The molecule has 21 heavy (non-hydrogen) atoms. The third kappa shape index (κ3) is 3.35. The van der Waals surface area contributed by atoms with Crippen molar-refractivity contribution in [1.29, 1.82) is 0 Å². The highest BCUT2D eigenvalue weighted by molar-refractivity contribution is 9.18. The van der Waals surface area contributed by atoms with Crippen LogP contribution in [0.25, 0.3) is 0 Å². The highest BCUT2D eigenvalue weighted by atomic mass is 79.9. The Morgan fingerprint density at radius 1 is 1.10 bits per heavy atom. The molecule has 0 amide bonds. The van der Waals surface area contributed by atoms with Gasteiger partial charge in [0, 0.05) is 19.4 Å². The van der Waals surface area contributed by atoms with E-state index >= 15 is 0 Å². The molecule has 0 aromatic heterocycles. The van der Waals surface area contributed by atoms with Crippen molar-refractivity contribution in [2.45, 2.75) is 44.3 Å². The zero-order valence-electron chi connectivity index (χ0n) is 11.5. The Bertz CT molecular complexity index is 493. The molecule has 1 aliphatic carbocycles. The Hall–Kier alpha value is -0.400. The zero-order chi connectivity index (χ0) is 14.8. The Labute approximate surface area is 140 Å². The summed E-state index contributed by atoms with van der Waals surface area (Å²) in [5, 5.41) is 17.4. The summed E-state index contributed by atoms with van der Waals surface area (Å²) in [6, 6.07) is 0. The molecule has 0 saturated carbocycles. The van der Waals surface area contributed by atoms with Crippen molar-refractivity contribution >= 4 is 41.1 Å². The Kier molecular flexibility index (Phi) is 5.01. The second kappa shape index (κ2) is 6.79. The van der Waals surface area contributed by atoms with Crippen LogP contribution in [0, 0.1) is 11.8 Å². The molecule has 7 heteroatoms. The van der Waals surface area contributed by atoms with E-state index in [1.807, 2.05) is 0 Å². The van der Waals surface area contributed by atoms with Gasteiger partial charge in [0.15, 0.2) is 0 Å². The van der Waals surface area contributed by atoms with E-state index in [2.05, 4.69) is 48.2 Å². The second-order valence-corrected chi connectivity index (χ2v) is 7.31. The maximum atomic E-state index is 9.25. The molecule has 3 rings (SSSR count). The van der Waals surface area contributed by atoms with E-state index in [1.165, 1.54) is 5.57 Å². The van der Waals surface area contributed by atoms with Gasteiger partial charge in [-0.2, -0.15) is 0 Å². The predicted molar refractivity (Wildman–Crippen MR) is 87.7 cm³/mol. The molecule has 0 fully saturated rings. The van der Waals surface area contributed by atoms with Crippen LogP contribution in [-0.2, 0) is 9.68 Å². The van der Waals surface area contributed by atoms with Crippen LogP contribution in [0.15, 0.2) is 22.0 Å². The normalized spacial score (nSPS) is 38.1. The van der Waals surface area contributed by atoms with E-state index in [0.717, 1.165) is 34.9 Å². The lowest BCUT2D eigenvalue weighted by atomic mass is 9.85. The zero-order valence-corrected chi connectivity index (χ0v) is 14.7. The second-order valence-electron chi connectivity index (χ2n) is 5.68. The summed E-state index contributed by atoms with van der Waals surface area (Å²) in [5.41, 5.74) is 1.21. The topological polar surface area (TPSA) is 63.4 Å². The van der Waals surface area contributed by atoms with Crippen LogP contribution in [0.5, 0.6) is 0 Å². The highest BCUT2D eigenvalue weighted by Crippen LogP contribution is 2.37. The van der Waals surface area contributed by atoms with E-state index in [9.17, 15) is 5.11 Å². The van der Waals surface area contributed by atoms with Gasteiger partial charge < -0.3 is 14.8 Å². The fourth-order valence-electron chi connectivity index (χ4n) is 3.15. The number of hydrogen-bond acceptors (Lipinski definition) is 5. The number of aliphatic hydroxyl groups excluding tert-OH is 1. The standard InChI is InChI=1S/C14H18Br2N2O3/c15-13-9-2-3-10-12(21-18-14(10)16)7-8(5-6-19)1-4-11(9)20-17-13/h1,9-12,19H,2-7H2/b8-1-/t9-,10+,11-,12-/m0/s1. The van der Waals surface area contributed by atoms with Gasteiger partial charge in [-0.15, -0.1) is 0 Å². The molecule has 4 atom stereocenters. The van der Waals surface area contributed by atoms with Gasteiger partial charge in [0.25, 0.3) is 0 Å². The maximum absolute atomic E-state index is 9.25. The summed E-state index contributed by atoms with van der Waals surface area (Å²) in [5.74, 6) is 0.558. The van der Waals surface area contributed by atoms with Crippen LogP contribution >= 0.6 is 31.9 Å². The van der Waals surface area contributed by atoms with Gasteiger partial charge in [0.1, 0.15) is 21.4 Å². The van der Waals surface area contributed by atoms with E-state index < -0.39 is 0 Å². The number of nitrogens with zero attached hydrogens (tertiary/aromatic N) is 2. The van der Waals surface area contributed by atoms with E-state index in [4.69, 9.17) is 9.68 Å². The largest absolute Gasteiger partial charge is 0.396 e. The molecule has 0 unspecified atom stereocenters. The number of halogens is 2. The van der Waals surface area contributed by atoms with Crippen molar-refractivity contribution in [3.8, 4) is 0 Å². The van der Waals surface area contributed by atoms with Crippen molar-refractivity contribution in [1.82, 2.24) is 0 Å². The number of fused-ring (bicyclic) bond motifs is 2. The molecule has 0 spiro atoms. The monoisotopic (exact) mass is 420 g/mol. The SMILES string of the molecule is OCC/C1=C/C[C@@H]2ON=C(Br)[C@H]2CC[C@H]2C(Br)=NO[C@H]2C1. The van der Waals surface area contributed by atoms with Crippen LogP contribution in [0.2, 0.25) is 0 Å². The third-order valence-electron chi connectivity index (χ3n) is 4.38. The summed E-state index contributed by atoms with van der Waals surface area (Å²) in [7, 11) is 0. The summed E-state index contributed by atoms with van der Waals surface area (Å²) in [6.45, 7) is 0.153. The fourth-order valence-corrected chi connectivity index (χ4v) is 4.37. The predicted octanol–water partition coefficient (Wildman–Crippen LogP) is 3.32.